The van der Waals surface area contributed by atoms with E-state index in [9.17, 15) is 18.7 Å². The number of halogens is 3. The molecule has 0 aliphatic carbocycles. The highest BCUT2D eigenvalue weighted by atomic mass is 35.5. The molecule has 0 aliphatic heterocycles. The lowest BCUT2D eigenvalue weighted by atomic mass is 9.91. The predicted molar refractivity (Wildman–Crippen MR) is 71.9 cm³/mol. The monoisotopic (exact) mass is 296 g/mol. The maximum Gasteiger partial charge on any atom is 0.311 e. The fraction of sp³-hybridized carbons (Fsp3) is 0.133. The van der Waals surface area contributed by atoms with Crippen molar-refractivity contribution in [1.82, 2.24) is 0 Å². The molecule has 104 valence electrons. The molecule has 1 N–H and O–H groups in total. The summed E-state index contributed by atoms with van der Waals surface area (Å²) in [5.41, 5.74) is 0.174. The summed E-state index contributed by atoms with van der Waals surface area (Å²) in [6.07, 6.45) is -0.164. The third-order valence-corrected chi connectivity index (χ3v) is 3.25. The Kier molecular flexibility index (Phi) is 4.35. The summed E-state index contributed by atoms with van der Waals surface area (Å²) < 4.78 is 27.4. The van der Waals surface area contributed by atoms with Crippen LogP contribution in [0.3, 0.4) is 0 Å². The van der Waals surface area contributed by atoms with Gasteiger partial charge in [0.15, 0.2) is 0 Å². The quantitative estimate of drug-likeness (QED) is 0.925. The van der Waals surface area contributed by atoms with Gasteiger partial charge in [-0.15, -0.1) is 0 Å². The van der Waals surface area contributed by atoms with E-state index in [1.807, 2.05) is 0 Å². The lowest BCUT2D eigenvalue weighted by Gasteiger charge is -2.14. The van der Waals surface area contributed by atoms with Crippen LogP contribution < -0.4 is 0 Å². The Bertz CT molecular complexity index is 644. The number of carboxylic acid groups (broad SMARTS) is 1. The summed E-state index contributed by atoms with van der Waals surface area (Å²) in [7, 11) is 0. The van der Waals surface area contributed by atoms with Crippen LogP contribution >= 0.6 is 11.6 Å². The second-order valence-corrected chi connectivity index (χ2v) is 4.79. The maximum atomic E-state index is 13.7. The molecule has 0 saturated carbocycles. The third-order valence-electron chi connectivity index (χ3n) is 3.01. The average molecular weight is 297 g/mol. The summed E-state index contributed by atoms with van der Waals surface area (Å²) >= 11 is 5.77. The van der Waals surface area contributed by atoms with Gasteiger partial charge in [-0.3, -0.25) is 4.79 Å². The SMILES string of the molecule is O=C(O)C(Cc1cc(Cl)ccc1F)c1ccccc1F. The molecule has 1 unspecified atom stereocenters. The van der Waals surface area contributed by atoms with Gasteiger partial charge in [0.05, 0.1) is 5.92 Å². The Balaban J connectivity index is 2.38. The molecular weight excluding hydrogens is 286 g/mol. The van der Waals surface area contributed by atoms with Crippen LogP contribution in [0.5, 0.6) is 0 Å². The standard InChI is InChI=1S/C15H11ClF2O2/c16-10-5-6-13(17)9(7-10)8-12(15(19)20)11-3-1-2-4-14(11)18/h1-7,12H,8H2,(H,19,20). The van der Waals surface area contributed by atoms with Crippen LogP contribution in [0.2, 0.25) is 5.02 Å². The number of aliphatic carboxylic acids is 1. The van der Waals surface area contributed by atoms with Crippen LogP contribution in [0.1, 0.15) is 17.0 Å². The van der Waals surface area contributed by atoms with Gasteiger partial charge in [-0.25, -0.2) is 8.78 Å². The van der Waals surface area contributed by atoms with Gasteiger partial charge in [-0.2, -0.15) is 0 Å². The molecule has 20 heavy (non-hydrogen) atoms. The predicted octanol–water partition coefficient (Wildman–Crippen LogP) is 4.03. The molecule has 5 heteroatoms. The van der Waals surface area contributed by atoms with E-state index in [2.05, 4.69) is 0 Å². The lowest BCUT2D eigenvalue weighted by molar-refractivity contribution is -0.138. The van der Waals surface area contributed by atoms with Crippen LogP contribution in [-0.4, -0.2) is 11.1 Å². The Hall–Kier alpha value is -1.94. The van der Waals surface area contributed by atoms with Crippen molar-refractivity contribution >= 4 is 17.6 Å². The first kappa shape index (κ1) is 14.5. The molecule has 2 aromatic carbocycles. The van der Waals surface area contributed by atoms with E-state index in [1.54, 1.807) is 6.07 Å². The molecule has 0 radical (unpaired) electrons. The zero-order chi connectivity index (χ0) is 14.7. The van der Waals surface area contributed by atoms with E-state index in [0.29, 0.717) is 5.02 Å². The Morgan fingerprint density at radius 2 is 1.85 bits per heavy atom. The number of benzene rings is 2. The smallest absolute Gasteiger partial charge is 0.311 e. The van der Waals surface area contributed by atoms with Gasteiger partial charge in [0.2, 0.25) is 0 Å². The minimum atomic E-state index is -1.21. The van der Waals surface area contributed by atoms with Crippen LogP contribution in [-0.2, 0) is 11.2 Å². The normalized spacial score (nSPS) is 12.2. The van der Waals surface area contributed by atoms with Crippen molar-refractivity contribution in [1.29, 1.82) is 0 Å². The first-order valence-corrected chi connectivity index (χ1v) is 6.28. The number of rotatable bonds is 4. The number of hydrogen-bond acceptors (Lipinski definition) is 1. The van der Waals surface area contributed by atoms with Crippen molar-refractivity contribution < 1.29 is 18.7 Å². The van der Waals surface area contributed by atoms with Gasteiger partial charge >= 0.3 is 5.97 Å². The second kappa shape index (κ2) is 6.01. The van der Waals surface area contributed by atoms with Crippen molar-refractivity contribution in [3.63, 3.8) is 0 Å². The molecule has 0 saturated heterocycles. The zero-order valence-corrected chi connectivity index (χ0v) is 11.1. The molecule has 0 aliphatic rings. The van der Waals surface area contributed by atoms with Crippen LogP contribution in [0, 0.1) is 11.6 Å². The van der Waals surface area contributed by atoms with E-state index >= 15 is 0 Å². The Morgan fingerprint density at radius 1 is 1.15 bits per heavy atom. The number of hydrogen-bond donors (Lipinski definition) is 1. The molecule has 0 spiro atoms. The molecule has 0 fully saturated rings. The number of carbonyl (C=O) groups is 1. The largest absolute Gasteiger partial charge is 0.481 e. The highest BCUT2D eigenvalue weighted by molar-refractivity contribution is 6.30. The molecule has 2 aromatic rings. The first-order valence-electron chi connectivity index (χ1n) is 5.90. The van der Waals surface area contributed by atoms with E-state index in [1.165, 1.54) is 30.3 Å². The van der Waals surface area contributed by atoms with Gasteiger partial charge in [-0.1, -0.05) is 29.8 Å². The van der Waals surface area contributed by atoms with Crippen molar-refractivity contribution in [3.8, 4) is 0 Å². The molecular formula is C15H11ClF2O2. The average Bonchev–Trinajstić information content (AvgIpc) is 2.40. The summed E-state index contributed by atoms with van der Waals surface area (Å²) in [5.74, 6) is -3.56. The molecule has 0 amide bonds. The van der Waals surface area contributed by atoms with Crippen molar-refractivity contribution in [2.75, 3.05) is 0 Å². The maximum absolute atomic E-state index is 13.7. The van der Waals surface area contributed by atoms with Gasteiger partial charge < -0.3 is 5.11 Å². The van der Waals surface area contributed by atoms with Gasteiger partial charge in [0, 0.05) is 10.6 Å². The van der Waals surface area contributed by atoms with E-state index < -0.39 is 23.5 Å². The topological polar surface area (TPSA) is 37.3 Å². The molecule has 0 heterocycles. The van der Waals surface area contributed by atoms with Gasteiger partial charge in [0.1, 0.15) is 11.6 Å². The molecule has 0 aromatic heterocycles. The minimum absolute atomic E-state index is 0.0272. The van der Waals surface area contributed by atoms with E-state index in [0.717, 1.165) is 6.07 Å². The lowest BCUT2D eigenvalue weighted by Crippen LogP contribution is -2.16. The molecule has 2 rings (SSSR count). The third kappa shape index (κ3) is 3.14. The van der Waals surface area contributed by atoms with Gasteiger partial charge in [-0.05, 0) is 36.2 Å². The second-order valence-electron chi connectivity index (χ2n) is 4.35. The summed E-state index contributed by atoms with van der Waals surface area (Å²) in [6.45, 7) is 0. The van der Waals surface area contributed by atoms with Crippen molar-refractivity contribution in [3.05, 3.63) is 70.2 Å². The Labute approximate surface area is 119 Å². The van der Waals surface area contributed by atoms with Crippen LogP contribution in [0.4, 0.5) is 8.78 Å². The molecule has 1 atom stereocenters. The summed E-state index contributed by atoms with van der Waals surface area (Å²) in [4.78, 5) is 11.3. The highest BCUT2D eigenvalue weighted by Gasteiger charge is 2.24. The first-order chi connectivity index (χ1) is 9.49. The van der Waals surface area contributed by atoms with Crippen LogP contribution in [0.15, 0.2) is 42.5 Å². The molecule has 2 nitrogen and oxygen atoms in total. The highest BCUT2D eigenvalue weighted by Crippen LogP contribution is 2.26. The number of carboxylic acids is 1. The Morgan fingerprint density at radius 3 is 2.50 bits per heavy atom. The van der Waals surface area contributed by atoms with Crippen LogP contribution in [0.25, 0.3) is 0 Å². The fourth-order valence-corrected chi connectivity index (χ4v) is 2.20. The minimum Gasteiger partial charge on any atom is -0.481 e. The zero-order valence-electron chi connectivity index (χ0n) is 10.3. The van der Waals surface area contributed by atoms with E-state index in [-0.39, 0.29) is 17.5 Å². The van der Waals surface area contributed by atoms with E-state index in [4.69, 9.17) is 11.6 Å². The summed E-state index contributed by atoms with van der Waals surface area (Å²) in [6, 6.07) is 9.47. The summed E-state index contributed by atoms with van der Waals surface area (Å²) in [5, 5.41) is 9.56. The fourth-order valence-electron chi connectivity index (χ4n) is 2.01. The van der Waals surface area contributed by atoms with Crippen molar-refractivity contribution in [2.45, 2.75) is 12.3 Å². The van der Waals surface area contributed by atoms with Gasteiger partial charge in [0.25, 0.3) is 0 Å². The van der Waals surface area contributed by atoms with Crippen molar-refractivity contribution in [2.24, 2.45) is 0 Å². The molecule has 0 bridgehead atoms.